The Morgan fingerprint density at radius 1 is 1.44 bits per heavy atom. The van der Waals surface area contributed by atoms with Crippen LogP contribution in [0.1, 0.15) is 10.4 Å². The summed E-state index contributed by atoms with van der Waals surface area (Å²) in [7, 11) is 1.71. The highest BCUT2D eigenvalue weighted by molar-refractivity contribution is 7.99. The number of aromatic nitrogens is 4. The van der Waals surface area contributed by atoms with Gasteiger partial charge in [-0.15, -0.1) is 5.10 Å². The quantitative estimate of drug-likeness (QED) is 0.641. The fourth-order valence-corrected chi connectivity index (χ4v) is 2.51. The third-order valence-corrected chi connectivity index (χ3v) is 3.70. The van der Waals surface area contributed by atoms with E-state index in [0.29, 0.717) is 20.8 Å². The number of carbonyl (C=O) groups is 1. The minimum absolute atomic E-state index is 0.0929. The van der Waals surface area contributed by atoms with Crippen molar-refractivity contribution in [3.8, 4) is 0 Å². The van der Waals surface area contributed by atoms with Gasteiger partial charge < -0.3 is 0 Å². The Balaban J connectivity index is 2.06. The van der Waals surface area contributed by atoms with Crippen LogP contribution in [0.3, 0.4) is 0 Å². The van der Waals surface area contributed by atoms with Crippen LogP contribution in [0.25, 0.3) is 0 Å². The molecule has 5 nitrogen and oxygen atoms in total. The Kier molecular flexibility index (Phi) is 4.21. The summed E-state index contributed by atoms with van der Waals surface area (Å²) >= 11 is 13.0. The van der Waals surface area contributed by atoms with Crippen molar-refractivity contribution in [2.24, 2.45) is 7.05 Å². The Bertz CT molecular complexity index is 587. The molecule has 1 aromatic carbocycles. The van der Waals surface area contributed by atoms with Crippen molar-refractivity contribution in [3.05, 3.63) is 33.8 Å². The molecule has 1 aromatic heterocycles. The van der Waals surface area contributed by atoms with Gasteiger partial charge in [0, 0.05) is 17.6 Å². The lowest BCUT2D eigenvalue weighted by molar-refractivity contribution is 0.102. The molecule has 8 heteroatoms. The first-order valence-corrected chi connectivity index (χ1v) is 6.65. The van der Waals surface area contributed by atoms with Gasteiger partial charge in [0.25, 0.3) is 0 Å². The number of rotatable bonds is 4. The van der Waals surface area contributed by atoms with Gasteiger partial charge in [0.1, 0.15) is 0 Å². The van der Waals surface area contributed by atoms with Gasteiger partial charge in [0.15, 0.2) is 5.78 Å². The second kappa shape index (κ2) is 5.69. The Morgan fingerprint density at radius 3 is 2.83 bits per heavy atom. The van der Waals surface area contributed by atoms with Crippen LogP contribution in [-0.2, 0) is 7.05 Å². The van der Waals surface area contributed by atoms with Crippen LogP contribution in [0, 0.1) is 0 Å². The van der Waals surface area contributed by atoms with Gasteiger partial charge in [-0.25, -0.2) is 4.68 Å². The van der Waals surface area contributed by atoms with E-state index in [-0.39, 0.29) is 11.5 Å². The molecule has 0 saturated heterocycles. The van der Waals surface area contributed by atoms with Crippen LogP contribution in [0.15, 0.2) is 23.4 Å². The van der Waals surface area contributed by atoms with Gasteiger partial charge in [-0.3, -0.25) is 4.79 Å². The number of ketones is 1. The third kappa shape index (κ3) is 3.01. The zero-order valence-electron chi connectivity index (χ0n) is 9.30. The number of hydrogen-bond donors (Lipinski definition) is 0. The number of thioether (sulfide) groups is 1. The molecular formula is C10H8Cl2N4OS. The Morgan fingerprint density at radius 2 is 2.22 bits per heavy atom. The van der Waals surface area contributed by atoms with Crippen LogP contribution < -0.4 is 0 Å². The molecule has 0 N–H and O–H groups in total. The number of halogens is 2. The summed E-state index contributed by atoms with van der Waals surface area (Å²) in [5, 5.41) is 12.4. The van der Waals surface area contributed by atoms with Crippen LogP contribution in [0.4, 0.5) is 0 Å². The normalized spacial score (nSPS) is 10.6. The molecule has 0 aliphatic heterocycles. The lowest BCUT2D eigenvalue weighted by atomic mass is 10.1. The second-order valence-corrected chi connectivity index (χ2v) is 5.21. The summed E-state index contributed by atoms with van der Waals surface area (Å²) in [5.74, 6) is 0.125. The SMILES string of the molecule is Cn1nnnc1SCC(=O)c1ccc(Cl)cc1Cl. The first kappa shape index (κ1) is 13.3. The maximum Gasteiger partial charge on any atom is 0.209 e. The van der Waals surface area contributed by atoms with E-state index < -0.39 is 0 Å². The highest BCUT2D eigenvalue weighted by Gasteiger charge is 2.13. The molecule has 1 heterocycles. The van der Waals surface area contributed by atoms with Gasteiger partial charge in [-0.1, -0.05) is 35.0 Å². The molecule has 0 radical (unpaired) electrons. The minimum atomic E-state index is -0.0929. The molecule has 0 atom stereocenters. The minimum Gasteiger partial charge on any atom is -0.293 e. The molecule has 0 aliphatic rings. The summed E-state index contributed by atoms with van der Waals surface area (Å²) in [4.78, 5) is 12.0. The molecule has 0 saturated carbocycles. The fourth-order valence-electron chi connectivity index (χ4n) is 1.27. The fraction of sp³-hybridized carbons (Fsp3) is 0.200. The number of benzene rings is 1. The molecule has 2 aromatic rings. The second-order valence-electron chi connectivity index (χ2n) is 3.42. The smallest absolute Gasteiger partial charge is 0.209 e. The van der Waals surface area contributed by atoms with E-state index in [4.69, 9.17) is 23.2 Å². The Hall–Kier alpha value is -1.11. The standard InChI is InChI=1S/C10H8Cl2N4OS/c1-16-10(13-14-15-16)18-5-9(17)7-3-2-6(11)4-8(7)12/h2-4H,5H2,1H3. The van der Waals surface area contributed by atoms with Crippen LogP contribution in [0.5, 0.6) is 0 Å². The van der Waals surface area contributed by atoms with E-state index in [0.717, 1.165) is 0 Å². The number of carbonyl (C=O) groups excluding carboxylic acids is 1. The highest BCUT2D eigenvalue weighted by Crippen LogP contribution is 2.23. The number of aryl methyl sites for hydroxylation is 1. The summed E-state index contributed by atoms with van der Waals surface area (Å²) in [6.07, 6.45) is 0. The summed E-state index contributed by atoms with van der Waals surface area (Å²) in [6, 6.07) is 4.79. The number of hydrogen-bond acceptors (Lipinski definition) is 5. The van der Waals surface area contributed by atoms with Crippen molar-refractivity contribution in [3.63, 3.8) is 0 Å². The molecule has 2 rings (SSSR count). The van der Waals surface area contributed by atoms with Gasteiger partial charge in [0.2, 0.25) is 5.16 Å². The van der Waals surface area contributed by atoms with Gasteiger partial charge in [-0.05, 0) is 28.6 Å². The lowest BCUT2D eigenvalue weighted by Gasteiger charge is -2.03. The molecule has 0 unspecified atom stereocenters. The van der Waals surface area contributed by atoms with Crippen molar-refractivity contribution < 1.29 is 4.79 Å². The zero-order chi connectivity index (χ0) is 13.1. The molecule has 18 heavy (non-hydrogen) atoms. The van der Waals surface area contributed by atoms with Crippen molar-refractivity contribution in [1.82, 2.24) is 20.2 Å². The third-order valence-electron chi connectivity index (χ3n) is 2.15. The van der Waals surface area contributed by atoms with Gasteiger partial charge in [-0.2, -0.15) is 0 Å². The van der Waals surface area contributed by atoms with Crippen molar-refractivity contribution in [1.29, 1.82) is 0 Å². The zero-order valence-corrected chi connectivity index (χ0v) is 11.6. The summed E-state index contributed by atoms with van der Waals surface area (Å²) < 4.78 is 1.50. The number of Topliss-reactive ketones (excluding diaryl/α,β-unsaturated/α-hetero) is 1. The molecule has 0 aliphatic carbocycles. The highest BCUT2D eigenvalue weighted by atomic mass is 35.5. The number of tetrazole rings is 1. The molecule has 0 amide bonds. The maximum absolute atomic E-state index is 12.0. The van der Waals surface area contributed by atoms with Gasteiger partial charge >= 0.3 is 0 Å². The average Bonchev–Trinajstić information content (AvgIpc) is 2.72. The first-order chi connectivity index (χ1) is 8.58. The van der Waals surface area contributed by atoms with Gasteiger partial charge in [0.05, 0.1) is 10.8 Å². The molecule has 0 spiro atoms. The van der Waals surface area contributed by atoms with Crippen LogP contribution in [-0.4, -0.2) is 31.7 Å². The molecule has 0 fully saturated rings. The Labute approximate surface area is 117 Å². The van der Waals surface area contributed by atoms with Crippen LogP contribution >= 0.6 is 35.0 Å². The first-order valence-electron chi connectivity index (χ1n) is 4.91. The van der Waals surface area contributed by atoms with E-state index in [1.807, 2.05) is 0 Å². The lowest BCUT2D eigenvalue weighted by Crippen LogP contribution is -2.04. The average molecular weight is 303 g/mol. The monoisotopic (exact) mass is 302 g/mol. The van der Waals surface area contributed by atoms with E-state index in [2.05, 4.69) is 15.5 Å². The number of nitrogens with zero attached hydrogens (tertiary/aromatic N) is 4. The molecule has 0 bridgehead atoms. The molecular weight excluding hydrogens is 295 g/mol. The van der Waals surface area contributed by atoms with Crippen LogP contribution in [0.2, 0.25) is 10.0 Å². The summed E-state index contributed by atoms with van der Waals surface area (Å²) in [5.41, 5.74) is 0.448. The van der Waals surface area contributed by atoms with E-state index in [1.54, 1.807) is 25.2 Å². The van der Waals surface area contributed by atoms with Crippen molar-refractivity contribution >= 4 is 40.7 Å². The predicted octanol–water partition coefficient (Wildman–Crippen LogP) is 2.49. The van der Waals surface area contributed by atoms with Crippen molar-refractivity contribution in [2.75, 3.05) is 5.75 Å². The summed E-state index contributed by atoms with van der Waals surface area (Å²) in [6.45, 7) is 0. The predicted molar refractivity (Wildman–Crippen MR) is 70.3 cm³/mol. The topological polar surface area (TPSA) is 60.7 Å². The maximum atomic E-state index is 12.0. The molecule has 94 valence electrons. The largest absolute Gasteiger partial charge is 0.293 e. The van der Waals surface area contributed by atoms with E-state index in [9.17, 15) is 4.79 Å². The van der Waals surface area contributed by atoms with E-state index in [1.165, 1.54) is 16.4 Å². The van der Waals surface area contributed by atoms with E-state index >= 15 is 0 Å². The van der Waals surface area contributed by atoms with Crippen molar-refractivity contribution in [2.45, 2.75) is 5.16 Å².